The summed E-state index contributed by atoms with van der Waals surface area (Å²) in [6.45, 7) is 5.48. The van der Waals surface area contributed by atoms with Crippen LogP contribution < -0.4 is 5.01 Å². The molecule has 2 aliphatic heterocycles. The molecule has 150 valence electrons. The Bertz CT molecular complexity index is 945. The van der Waals surface area contributed by atoms with E-state index < -0.39 is 11.5 Å². The number of carbonyl (C=O) groups is 2. The number of thioether (sulfide) groups is 1. The first kappa shape index (κ1) is 19.7. The zero-order valence-corrected chi connectivity index (χ0v) is 17.6. The zero-order valence-electron chi connectivity index (χ0n) is 16.7. The van der Waals surface area contributed by atoms with E-state index in [1.807, 2.05) is 74.5 Å². The number of ether oxygens (including phenoxy) is 1. The molecule has 4 rings (SSSR count). The Morgan fingerprint density at radius 3 is 2.34 bits per heavy atom. The number of rotatable bonds is 4. The third-order valence-electron chi connectivity index (χ3n) is 5.47. The number of nitrogens with zero attached hydrogens (tertiary/aromatic N) is 2. The minimum absolute atomic E-state index is 0.0237. The molecule has 0 aromatic heterocycles. The van der Waals surface area contributed by atoms with Crippen LogP contribution in [0.25, 0.3) is 0 Å². The van der Waals surface area contributed by atoms with Gasteiger partial charge in [0.15, 0.2) is 0 Å². The maximum absolute atomic E-state index is 14.0. The second-order valence-corrected chi connectivity index (χ2v) is 8.82. The Balaban J connectivity index is 1.89. The summed E-state index contributed by atoms with van der Waals surface area (Å²) in [6.07, 6.45) is -0.558. The molecule has 1 amide bonds. The number of amides is 1. The van der Waals surface area contributed by atoms with Crippen LogP contribution in [0.3, 0.4) is 0 Å². The van der Waals surface area contributed by atoms with Crippen molar-refractivity contribution in [2.75, 3.05) is 10.8 Å². The molecule has 0 bridgehead atoms. The van der Waals surface area contributed by atoms with Crippen LogP contribution in [-0.4, -0.2) is 29.4 Å². The quantitative estimate of drug-likeness (QED) is 0.701. The summed E-state index contributed by atoms with van der Waals surface area (Å²) in [7, 11) is 0. The summed E-state index contributed by atoms with van der Waals surface area (Å²) >= 11 is 1.66. The fourth-order valence-corrected chi connectivity index (χ4v) is 6.02. The van der Waals surface area contributed by atoms with Gasteiger partial charge in [0.25, 0.3) is 5.91 Å². The number of benzene rings is 2. The lowest BCUT2D eigenvalue weighted by atomic mass is 9.69. The summed E-state index contributed by atoms with van der Waals surface area (Å²) in [5.41, 5.74) is 1.53. The van der Waals surface area contributed by atoms with Gasteiger partial charge in [-0.25, -0.2) is 0 Å². The summed E-state index contributed by atoms with van der Waals surface area (Å²) in [5.74, 6) is 0.0742. The van der Waals surface area contributed by atoms with E-state index in [4.69, 9.17) is 9.84 Å². The highest BCUT2D eigenvalue weighted by molar-refractivity contribution is 8.00. The van der Waals surface area contributed by atoms with Crippen LogP contribution in [0.15, 0.2) is 65.8 Å². The predicted molar refractivity (Wildman–Crippen MR) is 116 cm³/mol. The van der Waals surface area contributed by atoms with Crippen molar-refractivity contribution in [1.82, 2.24) is 0 Å². The number of para-hydroxylation sites is 1. The fourth-order valence-electron chi connectivity index (χ4n) is 4.34. The van der Waals surface area contributed by atoms with E-state index in [1.165, 1.54) is 11.9 Å². The van der Waals surface area contributed by atoms with Crippen LogP contribution in [0, 0.1) is 11.3 Å². The van der Waals surface area contributed by atoms with E-state index in [1.54, 1.807) is 11.8 Å². The molecular formula is C23H24N2O3S. The predicted octanol–water partition coefficient (Wildman–Crippen LogP) is 4.45. The SMILES string of the molecule is CC(=O)O[C@H]1CS[C@@H](c2ccccc2)[C@]12C(=O)N(c1ccccc1)N=C2C(C)C. The molecule has 1 spiro atoms. The largest absolute Gasteiger partial charge is 0.460 e. The number of hydrogen-bond donors (Lipinski definition) is 0. The van der Waals surface area contributed by atoms with Crippen molar-refractivity contribution in [3.05, 3.63) is 66.2 Å². The molecule has 6 heteroatoms. The first-order valence-electron chi connectivity index (χ1n) is 9.78. The molecule has 29 heavy (non-hydrogen) atoms. The van der Waals surface area contributed by atoms with Crippen molar-refractivity contribution in [1.29, 1.82) is 0 Å². The van der Waals surface area contributed by atoms with Gasteiger partial charge in [-0.15, -0.1) is 11.8 Å². The third kappa shape index (κ3) is 3.15. The minimum Gasteiger partial charge on any atom is -0.460 e. The third-order valence-corrected chi connectivity index (χ3v) is 6.94. The molecule has 0 unspecified atom stereocenters. The molecule has 1 saturated heterocycles. The van der Waals surface area contributed by atoms with Gasteiger partial charge in [0, 0.05) is 12.7 Å². The number of carbonyl (C=O) groups excluding carboxylic acids is 2. The topological polar surface area (TPSA) is 59.0 Å². The average Bonchev–Trinajstić information content (AvgIpc) is 3.23. The van der Waals surface area contributed by atoms with Gasteiger partial charge in [0.05, 0.1) is 16.6 Å². The molecule has 2 heterocycles. The molecule has 0 aliphatic carbocycles. The van der Waals surface area contributed by atoms with Gasteiger partial charge < -0.3 is 4.74 Å². The molecule has 5 nitrogen and oxygen atoms in total. The van der Waals surface area contributed by atoms with Gasteiger partial charge in [-0.3, -0.25) is 9.59 Å². The lowest BCUT2D eigenvalue weighted by Crippen LogP contribution is -2.52. The highest BCUT2D eigenvalue weighted by Crippen LogP contribution is 2.59. The van der Waals surface area contributed by atoms with Crippen molar-refractivity contribution in [2.45, 2.75) is 32.1 Å². The molecule has 0 radical (unpaired) electrons. The monoisotopic (exact) mass is 408 g/mol. The molecule has 0 N–H and O–H groups in total. The van der Waals surface area contributed by atoms with Crippen LogP contribution in [0.1, 0.15) is 31.6 Å². The van der Waals surface area contributed by atoms with Crippen molar-refractivity contribution in [3.8, 4) is 0 Å². The van der Waals surface area contributed by atoms with Crippen LogP contribution in [-0.2, 0) is 14.3 Å². The van der Waals surface area contributed by atoms with E-state index in [-0.39, 0.29) is 23.0 Å². The summed E-state index contributed by atoms with van der Waals surface area (Å²) in [4.78, 5) is 25.9. The van der Waals surface area contributed by atoms with Crippen LogP contribution >= 0.6 is 11.8 Å². The lowest BCUT2D eigenvalue weighted by molar-refractivity contribution is -0.151. The van der Waals surface area contributed by atoms with Gasteiger partial charge in [-0.05, 0) is 23.6 Å². The minimum atomic E-state index is -1.01. The maximum atomic E-state index is 14.0. The van der Waals surface area contributed by atoms with Gasteiger partial charge in [-0.1, -0.05) is 62.4 Å². The first-order valence-corrected chi connectivity index (χ1v) is 10.8. The molecule has 1 fully saturated rings. The summed E-state index contributed by atoms with van der Waals surface area (Å²) < 4.78 is 5.75. The van der Waals surface area contributed by atoms with E-state index in [0.717, 1.165) is 17.0 Å². The second kappa shape index (κ2) is 7.67. The van der Waals surface area contributed by atoms with Crippen molar-refractivity contribution < 1.29 is 14.3 Å². The van der Waals surface area contributed by atoms with Crippen LogP contribution in [0.2, 0.25) is 0 Å². The Hall–Kier alpha value is -2.60. The Morgan fingerprint density at radius 2 is 1.76 bits per heavy atom. The van der Waals surface area contributed by atoms with Crippen molar-refractivity contribution >= 4 is 35.0 Å². The molecular weight excluding hydrogens is 384 g/mol. The van der Waals surface area contributed by atoms with Gasteiger partial charge in [0.2, 0.25) is 0 Å². The summed E-state index contributed by atoms with van der Waals surface area (Å²) in [5, 5.41) is 6.13. The Labute approximate surface area is 175 Å². The highest BCUT2D eigenvalue weighted by Gasteiger charge is 2.66. The van der Waals surface area contributed by atoms with E-state index in [9.17, 15) is 9.59 Å². The molecule has 2 aromatic rings. The second-order valence-electron chi connectivity index (χ2n) is 7.68. The van der Waals surface area contributed by atoms with Crippen molar-refractivity contribution in [2.24, 2.45) is 16.4 Å². The van der Waals surface area contributed by atoms with E-state index >= 15 is 0 Å². The molecule has 0 saturated carbocycles. The van der Waals surface area contributed by atoms with Gasteiger partial charge >= 0.3 is 5.97 Å². The lowest BCUT2D eigenvalue weighted by Gasteiger charge is -2.35. The maximum Gasteiger partial charge on any atom is 0.302 e. The zero-order chi connectivity index (χ0) is 20.6. The van der Waals surface area contributed by atoms with Gasteiger partial charge in [0.1, 0.15) is 11.5 Å². The average molecular weight is 409 g/mol. The van der Waals surface area contributed by atoms with Crippen LogP contribution in [0.5, 0.6) is 0 Å². The number of esters is 1. The Kier molecular flexibility index (Phi) is 5.21. The normalized spacial score (nSPS) is 26.3. The summed E-state index contributed by atoms with van der Waals surface area (Å²) in [6, 6.07) is 19.4. The number of hydrogen-bond acceptors (Lipinski definition) is 5. The smallest absolute Gasteiger partial charge is 0.302 e. The molecule has 2 aromatic carbocycles. The number of anilines is 1. The first-order chi connectivity index (χ1) is 14.0. The highest BCUT2D eigenvalue weighted by atomic mass is 32.2. The van der Waals surface area contributed by atoms with Crippen molar-refractivity contribution in [3.63, 3.8) is 0 Å². The van der Waals surface area contributed by atoms with Crippen LogP contribution in [0.4, 0.5) is 5.69 Å². The van der Waals surface area contributed by atoms with Gasteiger partial charge in [-0.2, -0.15) is 10.1 Å². The molecule has 2 aliphatic rings. The molecule has 3 atom stereocenters. The Morgan fingerprint density at radius 1 is 1.14 bits per heavy atom. The van der Waals surface area contributed by atoms with E-state index in [0.29, 0.717) is 5.75 Å². The van der Waals surface area contributed by atoms with E-state index in [2.05, 4.69) is 0 Å². The standard InChI is InChI=1S/C23H24N2O3S/c1-15(2)20-23(22(27)25(24-20)18-12-8-5-9-13-18)19(28-16(3)26)14-29-21(23)17-10-6-4-7-11-17/h4-13,15,19,21H,14H2,1-3H3/t19-,21-,23-/m0/s1. The fraction of sp³-hybridized carbons (Fsp3) is 0.348. The number of hydrazone groups is 1.